The minimum Gasteiger partial charge on any atom is -0.673 e. The first-order chi connectivity index (χ1) is 14.0. The van der Waals surface area contributed by atoms with E-state index in [1.807, 2.05) is 0 Å². The van der Waals surface area contributed by atoms with Crippen LogP contribution in [0, 0.1) is 11.8 Å². The monoisotopic (exact) mass is 556 g/mol. The smallest absolute Gasteiger partial charge is 0.673 e. The van der Waals surface area contributed by atoms with Crippen molar-refractivity contribution in [3.63, 3.8) is 0 Å². The van der Waals surface area contributed by atoms with E-state index in [1.54, 1.807) is 0 Å². The minimum absolute atomic E-state index is 0. The molecule has 0 bridgehead atoms. The average molecular weight is 556 g/mol. The summed E-state index contributed by atoms with van der Waals surface area (Å²) in [5.41, 5.74) is 0.0146. The topological polar surface area (TPSA) is 90.5 Å². The van der Waals surface area contributed by atoms with Crippen molar-refractivity contribution in [3.05, 3.63) is 21.3 Å². The van der Waals surface area contributed by atoms with E-state index < -0.39 is 0 Å². The molecule has 0 aliphatic heterocycles. The van der Waals surface area contributed by atoms with E-state index in [1.165, 1.54) is 0 Å². The molecule has 0 N–H and O–H groups in total. The molecular weight excluding hydrogens is 501 g/mol. The molecule has 6 nitrogen and oxygen atoms in total. The van der Waals surface area contributed by atoms with Crippen molar-refractivity contribution in [3.8, 4) is 0 Å². The summed E-state index contributed by atoms with van der Waals surface area (Å²) in [4.78, 5) is 15.5. The first kappa shape index (κ1) is 42.9. The molecule has 0 spiro atoms. The SMILES string of the molecule is CC(C)C([N-]C(C)(C)C)[N-]C(C)(C)C.CC(C)C([N-]C(C)(C)C)[N-]C(C)(C)C.[CH-]=O.[CH-]=O.[Ru+6]. The van der Waals surface area contributed by atoms with Crippen molar-refractivity contribution in [1.82, 2.24) is 0 Å². The van der Waals surface area contributed by atoms with Crippen molar-refractivity contribution >= 4 is 13.6 Å². The van der Waals surface area contributed by atoms with E-state index in [4.69, 9.17) is 30.9 Å². The van der Waals surface area contributed by atoms with Gasteiger partial charge < -0.3 is 30.9 Å². The fourth-order valence-corrected chi connectivity index (χ4v) is 2.24. The zero-order valence-electron chi connectivity index (χ0n) is 24.4. The van der Waals surface area contributed by atoms with Gasteiger partial charge in [0.15, 0.2) is 0 Å². The molecule has 0 aliphatic carbocycles. The Labute approximate surface area is 220 Å². The summed E-state index contributed by atoms with van der Waals surface area (Å²) in [7, 11) is 0. The second-order valence-corrected chi connectivity index (χ2v) is 12.5. The van der Waals surface area contributed by atoms with Crippen LogP contribution >= 0.6 is 0 Å². The quantitative estimate of drug-likeness (QED) is 0.188. The summed E-state index contributed by atoms with van der Waals surface area (Å²) in [6.07, 6.45) is 0.241. The number of rotatable bonds is 6. The summed E-state index contributed by atoms with van der Waals surface area (Å²) in [5, 5.41) is 18.9. The molecule has 0 amide bonds. The van der Waals surface area contributed by atoms with E-state index in [9.17, 15) is 0 Å². The fourth-order valence-electron chi connectivity index (χ4n) is 2.24. The normalized spacial score (nSPS) is 12.2. The standard InChI is InChI=1S/2C12H26N2.2CHO.Ru/c2*1-9(2)10(13-11(3,4)5)14-12(6,7)8;2*1-2;/h2*9-10H,1-8H3;2*1H;/q2*-2;2*-1;+6. The molecule has 0 rings (SSSR count). The molecule has 0 fully saturated rings. The molecule has 0 aliphatic rings. The predicted octanol–water partition coefficient (Wildman–Crippen LogP) is 8.08. The second kappa shape index (κ2) is 19.0. The average Bonchev–Trinajstić information content (AvgIpc) is 2.52. The Hall–Kier alpha value is -0.197. The van der Waals surface area contributed by atoms with Crippen molar-refractivity contribution in [2.24, 2.45) is 11.8 Å². The molecule has 0 unspecified atom stereocenters. The molecule has 198 valence electrons. The Kier molecular flexibility index (Phi) is 24.8. The Morgan fingerprint density at radius 1 is 0.424 bits per heavy atom. The zero-order chi connectivity index (χ0) is 27.1. The van der Waals surface area contributed by atoms with Crippen LogP contribution in [-0.4, -0.2) is 48.1 Å². The molecule has 0 aromatic heterocycles. The van der Waals surface area contributed by atoms with Crippen molar-refractivity contribution in [2.75, 3.05) is 0 Å². The summed E-state index contributed by atoms with van der Waals surface area (Å²) in [5.74, 6) is 0.960. The number of hydrogen-bond acceptors (Lipinski definition) is 2. The van der Waals surface area contributed by atoms with Crippen LogP contribution in [0.1, 0.15) is 111 Å². The van der Waals surface area contributed by atoms with E-state index in [2.05, 4.69) is 124 Å². The Balaban J connectivity index is -0.000000134. The van der Waals surface area contributed by atoms with Crippen LogP contribution in [0.15, 0.2) is 0 Å². The molecule has 0 radical (unpaired) electrons. The third-order valence-corrected chi connectivity index (χ3v) is 3.27. The van der Waals surface area contributed by atoms with Gasteiger partial charge in [0, 0.05) is 0 Å². The maximum absolute atomic E-state index is 7.75. The third kappa shape index (κ3) is 36.5. The van der Waals surface area contributed by atoms with E-state index in [-0.39, 0.29) is 54.0 Å². The minimum atomic E-state index is 0. The van der Waals surface area contributed by atoms with Crippen LogP contribution in [0.4, 0.5) is 0 Å². The first-order valence-electron chi connectivity index (χ1n) is 11.4. The van der Waals surface area contributed by atoms with Crippen molar-refractivity contribution < 1.29 is 29.1 Å². The van der Waals surface area contributed by atoms with Gasteiger partial charge in [0.2, 0.25) is 0 Å². The number of carbonyl (C=O) groups excluding carboxylic acids is 2. The van der Waals surface area contributed by atoms with Crippen molar-refractivity contribution in [1.29, 1.82) is 0 Å². The Morgan fingerprint density at radius 2 is 0.545 bits per heavy atom. The van der Waals surface area contributed by atoms with Gasteiger partial charge >= 0.3 is 19.5 Å². The maximum atomic E-state index is 7.75. The van der Waals surface area contributed by atoms with Gasteiger partial charge in [-0.3, -0.25) is 13.6 Å². The van der Waals surface area contributed by atoms with Gasteiger partial charge in [-0.1, -0.05) is 123 Å². The third-order valence-electron chi connectivity index (χ3n) is 3.27. The largest absolute Gasteiger partial charge is 6.00 e. The summed E-state index contributed by atoms with van der Waals surface area (Å²) >= 11 is 0. The van der Waals surface area contributed by atoms with Gasteiger partial charge in [-0.15, -0.1) is 22.2 Å². The first-order valence-corrected chi connectivity index (χ1v) is 11.4. The number of nitrogens with zero attached hydrogens (tertiary/aromatic N) is 4. The summed E-state index contributed by atoms with van der Waals surface area (Å²) in [6.45, 7) is 40.7. The summed E-state index contributed by atoms with van der Waals surface area (Å²) < 4.78 is 0. The van der Waals surface area contributed by atoms with Gasteiger partial charge in [-0.25, -0.2) is 12.3 Å². The maximum Gasteiger partial charge on any atom is 6.00 e. The Morgan fingerprint density at radius 3 is 0.606 bits per heavy atom. The summed E-state index contributed by atoms with van der Waals surface area (Å²) in [6, 6.07) is 0. The van der Waals surface area contributed by atoms with Crippen LogP contribution in [0.25, 0.3) is 21.3 Å². The second-order valence-electron chi connectivity index (χ2n) is 12.5. The Bertz CT molecular complexity index is 371. The van der Waals surface area contributed by atoms with Gasteiger partial charge in [0.25, 0.3) is 0 Å². The molecule has 0 saturated heterocycles. The van der Waals surface area contributed by atoms with Gasteiger partial charge in [0.05, 0.1) is 0 Å². The zero-order valence-corrected chi connectivity index (χ0v) is 26.2. The molecule has 0 aromatic rings. The van der Waals surface area contributed by atoms with Gasteiger partial charge in [-0.05, 0) is 0 Å². The molecule has 0 heterocycles. The van der Waals surface area contributed by atoms with E-state index >= 15 is 0 Å². The van der Waals surface area contributed by atoms with E-state index in [0.29, 0.717) is 11.8 Å². The van der Waals surface area contributed by atoms with Crippen LogP contribution in [0.2, 0.25) is 0 Å². The van der Waals surface area contributed by atoms with Crippen LogP contribution in [0.3, 0.4) is 0 Å². The molecule has 0 aromatic carbocycles. The predicted molar refractivity (Wildman–Crippen MR) is 143 cm³/mol. The molecule has 33 heavy (non-hydrogen) atoms. The molecular formula is C26H54N4O2Ru. The molecule has 0 atom stereocenters. The molecule has 0 saturated carbocycles. The van der Waals surface area contributed by atoms with Crippen LogP contribution in [-0.2, 0) is 29.1 Å². The molecule has 7 heteroatoms. The van der Waals surface area contributed by atoms with Crippen LogP contribution in [0.5, 0.6) is 0 Å². The van der Waals surface area contributed by atoms with Gasteiger partial charge in [-0.2, -0.15) is 0 Å². The van der Waals surface area contributed by atoms with Crippen LogP contribution < -0.4 is 0 Å². The fraction of sp³-hybridized carbons (Fsp3) is 0.923. The van der Waals surface area contributed by atoms with Gasteiger partial charge in [0.1, 0.15) is 0 Å². The van der Waals surface area contributed by atoms with E-state index in [0.717, 1.165) is 0 Å². The number of hydrogen-bond donors (Lipinski definition) is 0. The van der Waals surface area contributed by atoms with Crippen molar-refractivity contribution in [2.45, 2.75) is 145 Å².